The maximum absolute atomic E-state index is 10.9. The minimum Gasteiger partial charge on any atom is -0.478 e. The Kier molecular flexibility index (Phi) is 4.30. The Morgan fingerprint density at radius 1 is 1.10 bits per heavy atom. The zero-order valence-corrected chi connectivity index (χ0v) is 11.9. The number of anilines is 2. The SMILES string of the molecule is O=C(O)c1ccc(Nc2ccc([N+](=O)[O-])cc2)c(Cl)c1Cl. The molecule has 0 aliphatic rings. The van der Waals surface area contributed by atoms with Gasteiger partial charge in [0.15, 0.2) is 0 Å². The van der Waals surface area contributed by atoms with E-state index in [0.29, 0.717) is 11.4 Å². The highest BCUT2D eigenvalue weighted by Crippen LogP contribution is 2.34. The van der Waals surface area contributed by atoms with Crippen molar-refractivity contribution in [2.75, 3.05) is 5.32 Å². The molecular formula is C13H8Cl2N2O4. The number of hydrogen-bond donors (Lipinski definition) is 2. The van der Waals surface area contributed by atoms with Crippen molar-refractivity contribution in [1.29, 1.82) is 0 Å². The number of hydrogen-bond acceptors (Lipinski definition) is 4. The van der Waals surface area contributed by atoms with Gasteiger partial charge in [0.2, 0.25) is 0 Å². The number of halogens is 2. The molecule has 0 unspecified atom stereocenters. The topological polar surface area (TPSA) is 92.5 Å². The number of nitrogens with zero attached hydrogens (tertiary/aromatic N) is 1. The van der Waals surface area contributed by atoms with Crippen LogP contribution in [-0.4, -0.2) is 16.0 Å². The fourth-order valence-electron chi connectivity index (χ4n) is 1.63. The molecule has 0 aliphatic heterocycles. The normalized spacial score (nSPS) is 10.2. The summed E-state index contributed by atoms with van der Waals surface area (Å²) in [5.41, 5.74) is 0.823. The van der Waals surface area contributed by atoms with E-state index >= 15 is 0 Å². The van der Waals surface area contributed by atoms with E-state index in [1.165, 1.54) is 36.4 Å². The van der Waals surface area contributed by atoms with E-state index in [1.54, 1.807) is 0 Å². The molecule has 0 bridgehead atoms. The molecule has 0 spiro atoms. The zero-order chi connectivity index (χ0) is 15.6. The van der Waals surface area contributed by atoms with Crippen molar-refractivity contribution in [3.05, 3.63) is 62.1 Å². The van der Waals surface area contributed by atoms with Gasteiger partial charge in [-0.15, -0.1) is 0 Å². The Labute approximate surface area is 129 Å². The van der Waals surface area contributed by atoms with Gasteiger partial charge in [0.05, 0.1) is 26.2 Å². The van der Waals surface area contributed by atoms with Crippen molar-refractivity contribution < 1.29 is 14.8 Å². The first kappa shape index (κ1) is 15.1. The molecule has 2 rings (SSSR count). The Hall–Kier alpha value is -2.31. The monoisotopic (exact) mass is 326 g/mol. The van der Waals surface area contributed by atoms with Crippen molar-refractivity contribution in [1.82, 2.24) is 0 Å². The van der Waals surface area contributed by atoms with Crippen LogP contribution in [0.1, 0.15) is 10.4 Å². The van der Waals surface area contributed by atoms with Crippen molar-refractivity contribution in [3.63, 3.8) is 0 Å². The van der Waals surface area contributed by atoms with Crippen molar-refractivity contribution >= 4 is 46.2 Å². The van der Waals surface area contributed by atoms with Gasteiger partial charge in [-0.2, -0.15) is 0 Å². The van der Waals surface area contributed by atoms with Crippen molar-refractivity contribution in [2.24, 2.45) is 0 Å². The van der Waals surface area contributed by atoms with Crippen molar-refractivity contribution in [2.45, 2.75) is 0 Å². The third-order valence-corrected chi connectivity index (χ3v) is 3.55. The lowest BCUT2D eigenvalue weighted by atomic mass is 10.2. The van der Waals surface area contributed by atoms with E-state index < -0.39 is 10.9 Å². The molecule has 0 atom stereocenters. The summed E-state index contributed by atoms with van der Waals surface area (Å²) in [6, 6.07) is 8.48. The highest BCUT2D eigenvalue weighted by atomic mass is 35.5. The average Bonchev–Trinajstić information content (AvgIpc) is 2.44. The van der Waals surface area contributed by atoms with Gasteiger partial charge in [0.25, 0.3) is 5.69 Å². The van der Waals surface area contributed by atoms with E-state index in [1.807, 2.05) is 0 Å². The van der Waals surface area contributed by atoms with Crippen LogP contribution < -0.4 is 5.32 Å². The van der Waals surface area contributed by atoms with E-state index in [9.17, 15) is 14.9 Å². The summed E-state index contributed by atoms with van der Waals surface area (Å²) in [5.74, 6) is -1.18. The average molecular weight is 327 g/mol. The van der Waals surface area contributed by atoms with Crippen LogP contribution in [0.4, 0.5) is 17.1 Å². The van der Waals surface area contributed by atoms with Gasteiger partial charge >= 0.3 is 5.97 Å². The van der Waals surface area contributed by atoms with Crippen LogP contribution >= 0.6 is 23.2 Å². The number of non-ortho nitro benzene ring substituents is 1. The summed E-state index contributed by atoms with van der Waals surface area (Å²) in [6.45, 7) is 0. The number of carboxylic acid groups (broad SMARTS) is 1. The van der Waals surface area contributed by atoms with Crippen LogP contribution in [0.25, 0.3) is 0 Å². The molecule has 0 fully saturated rings. The molecule has 2 aromatic carbocycles. The number of nitrogens with one attached hydrogen (secondary N) is 1. The Bertz CT molecular complexity index is 717. The number of benzene rings is 2. The first-order valence-corrected chi connectivity index (χ1v) is 6.38. The molecule has 2 N–H and O–H groups in total. The van der Waals surface area contributed by atoms with Crippen molar-refractivity contribution in [3.8, 4) is 0 Å². The Morgan fingerprint density at radius 2 is 1.71 bits per heavy atom. The van der Waals surface area contributed by atoms with E-state index in [4.69, 9.17) is 28.3 Å². The summed E-state index contributed by atoms with van der Waals surface area (Å²) in [4.78, 5) is 21.0. The van der Waals surface area contributed by atoms with Gasteiger partial charge in [0, 0.05) is 17.8 Å². The fraction of sp³-hybridized carbons (Fsp3) is 0. The molecule has 0 amide bonds. The lowest BCUT2D eigenvalue weighted by Crippen LogP contribution is -2.00. The second kappa shape index (κ2) is 5.99. The third-order valence-electron chi connectivity index (χ3n) is 2.67. The number of carbonyl (C=O) groups is 1. The molecule has 0 aliphatic carbocycles. The second-order valence-corrected chi connectivity index (χ2v) is 4.78. The Morgan fingerprint density at radius 3 is 2.24 bits per heavy atom. The van der Waals surface area contributed by atoms with Crippen LogP contribution in [0.15, 0.2) is 36.4 Å². The van der Waals surface area contributed by atoms with Gasteiger partial charge < -0.3 is 10.4 Å². The molecule has 2 aromatic rings. The number of nitro benzene ring substituents is 1. The molecule has 0 radical (unpaired) electrons. The first-order chi connectivity index (χ1) is 9.90. The summed E-state index contributed by atoms with van der Waals surface area (Å²) < 4.78 is 0. The zero-order valence-electron chi connectivity index (χ0n) is 10.3. The van der Waals surface area contributed by atoms with Gasteiger partial charge in [-0.25, -0.2) is 4.79 Å². The van der Waals surface area contributed by atoms with Crippen LogP contribution in [-0.2, 0) is 0 Å². The van der Waals surface area contributed by atoms with E-state index in [2.05, 4.69) is 5.32 Å². The van der Waals surface area contributed by atoms with Gasteiger partial charge in [-0.3, -0.25) is 10.1 Å². The maximum atomic E-state index is 10.9. The highest BCUT2D eigenvalue weighted by molar-refractivity contribution is 6.45. The summed E-state index contributed by atoms with van der Waals surface area (Å²) in [6.07, 6.45) is 0. The molecule has 108 valence electrons. The minimum absolute atomic E-state index is 0.0362. The molecule has 8 heteroatoms. The summed E-state index contributed by atoms with van der Waals surface area (Å²) in [7, 11) is 0. The van der Waals surface area contributed by atoms with Gasteiger partial charge in [-0.05, 0) is 24.3 Å². The lowest BCUT2D eigenvalue weighted by molar-refractivity contribution is -0.384. The van der Waals surface area contributed by atoms with Crippen LogP contribution in [0.5, 0.6) is 0 Å². The van der Waals surface area contributed by atoms with Crippen LogP contribution in [0.2, 0.25) is 10.0 Å². The number of aromatic carboxylic acids is 1. The van der Waals surface area contributed by atoms with Crippen LogP contribution in [0.3, 0.4) is 0 Å². The van der Waals surface area contributed by atoms with E-state index in [-0.39, 0.29) is 21.3 Å². The Balaban J connectivity index is 2.29. The van der Waals surface area contributed by atoms with E-state index in [0.717, 1.165) is 0 Å². The molecular weight excluding hydrogens is 319 g/mol. The summed E-state index contributed by atoms with van der Waals surface area (Å²) in [5, 5.41) is 22.4. The second-order valence-electron chi connectivity index (χ2n) is 4.02. The van der Waals surface area contributed by atoms with Gasteiger partial charge in [-0.1, -0.05) is 23.2 Å². The number of carboxylic acids is 1. The molecule has 0 aromatic heterocycles. The largest absolute Gasteiger partial charge is 0.478 e. The molecule has 6 nitrogen and oxygen atoms in total. The lowest BCUT2D eigenvalue weighted by Gasteiger charge is -2.10. The molecule has 0 saturated heterocycles. The summed E-state index contributed by atoms with van der Waals surface area (Å²) >= 11 is 11.9. The number of rotatable bonds is 4. The smallest absolute Gasteiger partial charge is 0.337 e. The first-order valence-electron chi connectivity index (χ1n) is 5.63. The predicted molar refractivity (Wildman–Crippen MR) is 79.8 cm³/mol. The molecule has 0 saturated carbocycles. The van der Waals surface area contributed by atoms with Gasteiger partial charge in [0.1, 0.15) is 0 Å². The highest BCUT2D eigenvalue weighted by Gasteiger charge is 2.15. The van der Waals surface area contributed by atoms with Crippen LogP contribution in [0, 0.1) is 10.1 Å². The third kappa shape index (κ3) is 3.24. The predicted octanol–water partition coefficient (Wildman–Crippen LogP) is 4.34. The molecule has 21 heavy (non-hydrogen) atoms. The fourth-order valence-corrected chi connectivity index (χ4v) is 2.09. The quantitative estimate of drug-likeness (QED) is 0.643. The minimum atomic E-state index is -1.18. The standard InChI is InChI=1S/C13H8Cl2N2O4/c14-11-9(13(18)19)5-6-10(12(11)15)16-7-1-3-8(4-2-7)17(20)21/h1-6,16H,(H,18,19). The molecule has 0 heterocycles. The number of nitro groups is 1. The maximum Gasteiger partial charge on any atom is 0.337 e.